The van der Waals surface area contributed by atoms with Gasteiger partial charge in [-0.15, -0.1) is 0 Å². The van der Waals surface area contributed by atoms with E-state index >= 15 is 0 Å². The minimum atomic E-state index is -1.16. The number of carboxylic acid groups (broad SMARTS) is 1. The van der Waals surface area contributed by atoms with Gasteiger partial charge in [0.05, 0.1) is 6.10 Å². The van der Waals surface area contributed by atoms with Crippen LogP contribution in [0.1, 0.15) is 26.2 Å². The number of primary amides is 1. The average Bonchev–Trinajstić information content (AvgIpc) is 2.75. The van der Waals surface area contributed by atoms with Crippen molar-refractivity contribution in [1.29, 1.82) is 0 Å². The predicted octanol–water partition coefficient (Wildman–Crippen LogP) is -0.786. The molecule has 1 saturated heterocycles. The fraction of sp³-hybridized carbons (Fsp3) is 0.750. The second-order valence-electron chi connectivity index (χ2n) is 4.92. The van der Waals surface area contributed by atoms with Crippen LogP contribution in [0.15, 0.2) is 0 Å². The number of rotatable bonds is 6. The molecule has 1 aliphatic rings. The lowest BCUT2D eigenvalue weighted by atomic mass is 10.2. The van der Waals surface area contributed by atoms with Gasteiger partial charge in [0.15, 0.2) is 0 Å². The number of aliphatic hydroxyl groups excluding tert-OH is 1. The second-order valence-corrected chi connectivity index (χ2v) is 4.92. The van der Waals surface area contributed by atoms with E-state index in [4.69, 9.17) is 10.8 Å². The van der Waals surface area contributed by atoms with Gasteiger partial charge in [0.25, 0.3) is 0 Å². The third kappa shape index (κ3) is 4.09. The van der Waals surface area contributed by atoms with E-state index in [1.807, 2.05) is 6.92 Å². The lowest BCUT2D eigenvalue weighted by molar-refractivity contribution is -0.141. The van der Waals surface area contributed by atoms with Crippen molar-refractivity contribution in [1.82, 2.24) is 9.80 Å². The Morgan fingerprint density at radius 1 is 1.40 bits per heavy atom. The Hall–Kier alpha value is -1.83. The van der Waals surface area contributed by atoms with Gasteiger partial charge in [-0.2, -0.15) is 0 Å². The molecule has 20 heavy (non-hydrogen) atoms. The van der Waals surface area contributed by atoms with E-state index in [0.717, 1.165) is 11.3 Å². The molecule has 114 valence electrons. The van der Waals surface area contributed by atoms with Crippen LogP contribution in [0.5, 0.6) is 0 Å². The number of aliphatic hydroxyl groups is 1. The quantitative estimate of drug-likeness (QED) is 0.590. The Bertz CT molecular complexity index is 387. The molecule has 1 heterocycles. The molecule has 1 fully saturated rings. The van der Waals surface area contributed by atoms with E-state index in [1.165, 1.54) is 4.90 Å². The van der Waals surface area contributed by atoms with Crippen molar-refractivity contribution < 1.29 is 24.6 Å². The van der Waals surface area contributed by atoms with Crippen LogP contribution in [0.4, 0.5) is 4.79 Å². The number of carbonyl (C=O) groups excluding carboxylic acids is 2. The standard InChI is InChI=1S/C12H21N3O5/c1-2-3-4-14(7-10(13)17)12(20)15-6-8(16)5-9(15)11(18)19/h8-9,16H,2-7H2,1H3,(H2,13,17)(H,18,19)/t8?,9-/m0/s1. The lowest BCUT2D eigenvalue weighted by Crippen LogP contribution is -2.50. The molecular weight excluding hydrogens is 266 g/mol. The number of carbonyl (C=O) groups is 3. The van der Waals surface area contributed by atoms with Crippen LogP contribution in [-0.4, -0.2) is 69.7 Å². The number of hydrogen-bond donors (Lipinski definition) is 3. The minimum absolute atomic E-state index is 0.000732. The summed E-state index contributed by atoms with van der Waals surface area (Å²) in [6, 6.07) is -1.63. The number of likely N-dealkylation sites (tertiary alicyclic amines) is 1. The second kappa shape index (κ2) is 7.09. The third-order valence-electron chi connectivity index (χ3n) is 3.21. The van der Waals surface area contributed by atoms with Crippen molar-refractivity contribution in [2.45, 2.75) is 38.3 Å². The van der Waals surface area contributed by atoms with Gasteiger partial charge < -0.3 is 25.7 Å². The molecule has 0 bridgehead atoms. The van der Waals surface area contributed by atoms with Gasteiger partial charge in [-0.05, 0) is 6.42 Å². The Morgan fingerprint density at radius 3 is 2.55 bits per heavy atom. The van der Waals surface area contributed by atoms with Crippen molar-refractivity contribution in [2.24, 2.45) is 5.73 Å². The lowest BCUT2D eigenvalue weighted by Gasteiger charge is -2.29. The van der Waals surface area contributed by atoms with Gasteiger partial charge in [0.1, 0.15) is 12.6 Å². The van der Waals surface area contributed by atoms with Crippen LogP contribution in [0, 0.1) is 0 Å². The number of hydrogen-bond acceptors (Lipinski definition) is 4. The molecule has 0 aromatic rings. The van der Waals surface area contributed by atoms with E-state index in [0.29, 0.717) is 13.0 Å². The van der Waals surface area contributed by atoms with E-state index in [2.05, 4.69) is 0 Å². The summed E-state index contributed by atoms with van der Waals surface area (Å²) in [6.45, 7) is 1.97. The molecule has 1 rings (SSSR count). The highest BCUT2D eigenvalue weighted by Crippen LogP contribution is 2.20. The van der Waals surface area contributed by atoms with E-state index in [9.17, 15) is 19.5 Å². The molecule has 0 aliphatic carbocycles. The molecule has 2 atom stereocenters. The molecule has 1 aliphatic heterocycles. The summed E-state index contributed by atoms with van der Waals surface area (Å²) in [5.74, 6) is -1.81. The van der Waals surface area contributed by atoms with Crippen molar-refractivity contribution in [3.63, 3.8) is 0 Å². The number of urea groups is 1. The van der Waals surface area contributed by atoms with E-state index < -0.39 is 30.1 Å². The molecule has 8 nitrogen and oxygen atoms in total. The van der Waals surface area contributed by atoms with Gasteiger partial charge in [-0.3, -0.25) is 4.79 Å². The average molecular weight is 287 g/mol. The first-order valence-electron chi connectivity index (χ1n) is 6.61. The van der Waals surface area contributed by atoms with Crippen LogP contribution in [0.3, 0.4) is 0 Å². The molecule has 0 spiro atoms. The maximum Gasteiger partial charge on any atom is 0.326 e. The van der Waals surface area contributed by atoms with Crippen LogP contribution in [-0.2, 0) is 9.59 Å². The maximum atomic E-state index is 12.3. The summed E-state index contributed by atoms with van der Waals surface area (Å²) in [5.41, 5.74) is 5.11. The van der Waals surface area contributed by atoms with Gasteiger partial charge >= 0.3 is 12.0 Å². The number of unbranched alkanes of at least 4 members (excludes halogenated alkanes) is 1. The van der Waals surface area contributed by atoms with Crippen LogP contribution in [0.25, 0.3) is 0 Å². The highest BCUT2D eigenvalue weighted by Gasteiger charge is 2.40. The number of amides is 3. The van der Waals surface area contributed by atoms with Crippen LogP contribution in [0.2, 0.25) is 0 Å². The zero-order valence-electron chi connectivity index (χ0n) is 11.5. The molecule has 3 amide bonds. The van der Waals surface area contributed by atoms with Crippen molar-refractivity contribution in [3.05, 3.63) is 0 Å². The van der Waals surface area contributed by atoms with Gasteiger partial charge in [-0.25, -0.2) is 9.59 Å². The van der Waals surface area contributed by atoms with Crippen LogP contribution < -0.4 is 5.73 Å². The molecular formula is C12H21N3O5. The summed E-state index contributed by atoms with van der Waals surface area (Å²) >= 11 is 0. The summed E-state index contributed by atoms with van der Waals surface area (Å²) in [6.07, 6.45) is 0.654. The zero-order valence-corrected chi connectivity index (χ0v) is 11.5. The predicted molar refractivity (Wildman–Crippen MR) is 69.8 cm³/mol. The molecule has 1 unspecified atom stereocenters. The van der Waals surface area contributed by atoms with Crippen LogP contribution >= 0.6 is 0 Å². The van der Waals surface area contributed by atoms with E-state index in [1.54, 1.807) is 0 Å². The summed E-state index contributed by atoms with van der Waals surface area (Å²) in [7, 11) is 0. The first-order chi connectivity index (χ1) is 9.36. The number of nitrogens with zero attached hydrogens (tertiary/aromatic N) is 2. The number of β-amino-alcohol motifs (C(OH)–C–C–N with tert-alkyl or cyclic N) is 1. The largest absolute Gasteiger partial charge is 0.480 e. The Kier molecular flexibility index (Phi) is 5.75. The topological polar surface area (TPSA) is 124 Å². The highest BCUT2D eigenvalue weighted by molar-refractivity contribution is 5.86. The van der Waals surface area contributed by atoms with Crippen molar-refractivity contribution >= 4 is 17.9 Å². The monoisotopic (exact) mass is 287 g/mol. The highest BCUT2D eigenvalue weighted by atomic mass is 16.4. The number of aliphatic carboxylic acids is 1. The molecule has 8 heteroatoms. The number of nitrogens with two attached hydrogens (primary N) is 1. The first-order valence-corrected chi connectivity index (χ1v) is 6.61. The molecule has 0 radical (unpaired) electrons. The smallest absolute Gasteiger partial charge is 0.326 e. The van der Waals surface area contributed by atoms with E-state index in [-0.39, 0.29) is 19.5 Å². The number of carboxylic acids is 1. The third-order valence-corrected chi connectivity index (χ3v) is 3.21. The molecule has 0 aromatic heterocycles. The Labute approximate surface area is 117 Å². The fourth-order valence-electron chi connectivity index (χ4n) is 2.22. The SMILES string of the molecule is CCCCN(CC(N)=O)C(=O)N1CC(O)C[C@H]1C(=O)O. The fourth-order valence-corrected chi connectivity index (χ4v) is 2.22. The van der Waals surface area contributed by atoms with Gasteiger partial charge in [-0.1, -0.05) is 13.3 Å². The molecule has 4 N–H and O–H groups in total. The first kappa shape index (κ1) is 16.2. The molecule has 0 aromatic carbocycles. The van der Waals surface area contributed by atoms with Crippen molar-refractivity contribution in [2.75, 3.05) is 19.6 Å². The zero-order chi connectivity index (χ0) is 15.3. The van der Waals surface area contributed by atoms with Crippen molar-refractivity contribution in [3.8, 4) is 0 Å². The minimum Gasteiger partial charge on any atom is -0.480 e. The Morgan fingerprint density at radius 2 is 2.05 bits per heavy atom. The summed E-state index contributed by atoms with van der Waals surface area (Å²) in [5, 5.41) is 18.6. The molecule has 0 saturated carbocycles. The maximum absolute atomic E-state index is 12.3. The van der Waals surface area contributed by atoms with Gasteiger partial charge in [0, 0.05) is 19.5 Å². The Balaban J connectivity index is 2.81. The van der Waals surface area contributed by atoms with Gasteiger partial charge in [0.2, 0.25) is 5.91 Å². The summed E-state index contributed by atoms with van der Waals surface area (Å²) < 4.78 is 0. The normalized spacial score (nSPS) is 21.8. The summed E-state index contributed by atoms with van der Waals surface area (Å²) in [4.78, 5) is 36.8.